The lowest BCUT2D eigenvalue weighted by Gasteiger charge is -2.26. The molecule has 0 aliphatic carbocycles. The normalized spacial score (nSPS) is 15.8. The van der Waals surface area contributed by atoms with Crippen molar-refractivity contribution < 1.29 is 18.3 Å². The van der Waals surface area contributed by atoms with E-state index in [0.29, 0.717) is 36.7 Å². The van der Waals surface area contributed by atoms with Crippen molar-refractivity contribution in [3.8, 4) is 11.5 Å². The van der Waals surface area contributed by atoms with Crippen LogP contribution in [0, 0.1) is 6.92 Å². The highest BCUT2D eigenvalue weighted by Gasteiger charge is 2.26. The zero-order valence-electron chi connectivity index (χ0n) is 16.3. The van der Waals surface area contributed by atoms with E-state index >= 15 is 0 Å². The molecule has 1 saturated heterocycles. The SMILES string of the molecule is CCOc1cccc(C=Nc2cc(S(=O)(=O)N3CCCCC3)ccc2C)c1O. The average molecular weight is 403 g/mol. The summed E-state index contributed by atoms with van der Waals surface area (Å²) in [6, 6.07) is 10.2. The summed E-state index contributed by atoms with van der Waals surface area (Å²) in [7, 11) is -3.52. The third kappa shape index (κ3) is 4.36. The molecule has 0 spiro atoms. The molecule has 1 aliphatic rings. The number of phenols is 1. The second-order valence-electron chi connectivity index (χ2n) is 6.80. The van der Waals surface area contributed by atoms with E-state index in [4.69, 9.17) is 4.74 Å². The van der Waals surface area contributed by atoms with E-state index in [1.807, 2.05) is 13.8 Å². The first-order chi connectivity index (χ1) is 13.4. The van der Waals surface area contributed by atoms with Gasteiger partial charge in [0.15, 0.2) is 11.5 Å². The topological polar surface area (TPSA) is 79.2 Å². The van der Waals surface area contributed by atoms with Crippen LogP contribution in [0.15, 0.2) is 46.3 Å². The predicted octanol–water partition coefficient (Wildman–Crippen LogP) is 4.02. The van der Waals surface area contributed by atoms with E-state index in [0.717, 1.165) is 24.8 Å². The first kappa shape index (κ1) is 20.4. The van der Waals surface area contributed by atoms with Gasteiger partial charge in [0, 0.05) is 24.9 Å². The fraction of sp³-hybridized carbons (Fsp3) is 0.381. The lowest BCUT2D eigenvalue weighted by molar-refractivity contribution is 0.318. The fourth-order valence-electron chi connectivity index (χ4n) is 3.20. The molecule has 7 heteroatoms. The van der Waals surface area contributed by atoms with Gasteiger partial charge in [0.1, 0.15) is 0 Å². The van der Waals surface area contributed by atoms with Gasteiger partial charge in [-0.2, -0.15) is 4.31 Å². The van der Waals surface area contributed by atoms with E-state index in [2.05, 4.69) is 4.99 Å². The van der Waals surface area contributed by atoms with Crippen LogP contribution in [-0.2, 0) is 10.0 Å². The van der Waals surface area contributed by atoms with Crippen molar-refractivity contribution in [2.75, 3.05) is 19.7 Å². The molecule has 3 rings (SSSR count). The van der Waals surface area contributed by atoms with Crippen LogP contribution in [0.5, 0.6) is 11.5 Å². The molecule has 1 heterocycles. The number of aliphatic imine (C=N–C) groups is 1. The van der Waals surface area contributed by atoms with Gasteiger partial charge in [0.2, 0.25) is 10.0 Å². The number of hydrogen-bond acceptors (Lipinski definition) is 5. The first-order valence-electron chi connectivity index (χ1n) is 9.53. The van der Waals surface area contributed by atoms with Crippen molar-refractivity contribution in [2.24, 2.45) is 4.99 Å². The largest absolute Gasteiger partial charge is 0.504 e. The molecule has 0 bridgehead atoms. The van der Waals surface area contributed by atoms with E-state index in [1.54, 1.807) is 40.7 Å². The summed E-state index contributed by atoms with van der Waals surface area (Å²) in [6.45, 7) is 5.29. The number of hydrogen-bond donors (Lipinski definition) is 1. The number of rotatable bonds is 6. The van der Waals surface area contributed by atoms with Crippen molar-refractivity contribution in [3.63, 3.8) is 0 Å². The fourth-order valence-corrected chi connectivity index (χ4v) is 4.74. The number of nitrogens with zero attached hydrogens (tertiary/aromatic N) is 2. The van der Waals surface area contributed by atoms with E-state index in [9.17, 15) is 13.5 Å². The molecule has 0 saturated carbocycles. The van der Waals surface area contributed by atoms with Crippen molar-refractivity contribution >= 4 is 21.9 Å². The Morgan fingerprint density at radius 1 is 1.18 bits per heavy atom. The third-order valence-electron chi connectivity index (χ3n) is 4.81. The van der Waals surface area contributed by atoms with Crippen LogP contribution in [0.2, 0.25) is 0 Å². The van der Waals surface area contributed by atoms with E-state index in [1.165, 1.54) is 6.21 Å². The lowest BCUT2D eigenvalue weighted by Crippen LogP contribution is -2.35. The van der Waals surface area contributed by atoms with Gasteiger partial charge in [-0.3, -0.25) is 4.99 Å². The molecule has 28 heavy (non-hydrogen) atoms. The number of para-hydroxylation sites is 1. The zero-order chi connectivity index (χ0) is 20.1. The Labute approximate surface area is 166 Å². The van der Waals surface area contributed by atoms with Crippen LogP contribution in [0.25, 0.3) is 0 Å². The Kier molecular flexibility index (Phi) is 6.36. The monoisotopic (exact) mass is 402 g/mol. The molecule has 2 aromatic carbocycles. The van der Waals surface area contributed by atoms with Gasteiger partial charge in [-0.05, 0) is 56.5 Å². The number of aromatic hydroxyl groups is 1. The van der Waals surface area contributed by atoms with Crippen LogP contribution in [-0.4, -0.2) is 43.7 Å². The minimum atomic E-state index is -3.52. The van der Waals surface area contributed by atoms with Crippen molar-refractivity contribution in [1.29, 1.82) is 0 Å². The highest BCUT2D eigenvalue weighted by Crippen LogP contribution is 2.30. The molecule has 1 N–H and O–H groups in total. The van der Waals surface area contributed by atoms with Gasteiger partial charge < -0.3 is 9.84 Å². The van der Waals surface area contributed by atoms with E-state index in [-0.39, 0.29) is 10.6 Å². The lowest BCUT2D eigenvalue weighted by atomic mass is 10.2. The molecule has 0 aromatic heterocycles. The second-order valence-corrected chi connectivity index (χ2v) is 8.74. The maximum Gasteiger partial charge on any atom is 0.243 e. The second kappa shape index (κ2) is 8.75. The van der Waals surface area contributed by atoms with Crippen LogP contribution < -0.4 is 4.74 Å². The highest BCUT2D eigenvalue weighted by atomic mass is 32.2. The predicted molar refractivity (Wildman–Crippen MR) is 110 cm³/mol. The van der Waals surface area contributed by atoms with Crippen molar-refractivity contribution in [2.45, 2.75) is 38.0 Å². The quantitative estimate of drug-likeness (QED) is 0.740. The van der Waals surface area contributed by atoms with Crippen LogP contribution in [0.4, 0.5) is 5.69 Å². The molecule has 0 atom stereocenters. The van der Waals surface area contributed by atoms with E-state index < -0.39 is 10.0 Å². The number of phenolic OH excluding ortho intramolecular Hbond substituents is 1. The van der Waals surface area contributed by atoms with Crippen molar-refractivity contribution in [1.82, 2.24) is 4.31 Å². The Bertz CT molecular complexity index is 964. The smallest absolute Gasteiger partial charge is 0.243 e. The molecule has 1 aliphatic heterocycles. The highest BCUT2D eigenvalue weighted by molar-refractivity contribution is 7.89. The molecule has 0 radical (unpaired) electrons. The Morgan fingerprint density at radius 3 is 2.64 bits per heavy atom. The summed E-state index contributed by atoms with van der Waals surface area (Å²) in [6.07, 6.45) is 4.38. The standard InChI is InChI=1S/C21H26N2O4S/c1-3-27-20-9-7-8-17(21(20)24)15-22-19-14-18(11-10-16(19)2)28(25,26)23-12-5-4-6-13-23/h7-11,14-15,24H,3-6,12-13H2,1-2H3. The molecule has 1 fully saturated rings. The van der Waals surface area contributed by atoms with Gasteiger partial charge in [-0.25, -0.2) is 8.42 Å². The summed E-state index contributed by atoms with van der Waals surface area (Å²) < 4.78 is 32.8. The zero-order valence-corrected chi connectivity index (χ0v) is 17.1. The molecular weight excluding hydrogens is 376 g/mol. The molecular formula is C21H26N2O4S. The van der Waals surface area contributed by atoms with Gasteiger partial charge in [-0.15, -0.1) is 0 Å². The van der Waals surface area contributed by atoms with Crippen molar-refractivity contribution in [3.05, 3.63) is 47.5 Å². The maximum absolute atomic E-state index is 12.9. The number of benzene rings is 2. The summed E-state index contributed by atoms with van der Waals surface area (Å²) in [5.74, 6) is 0.410. The van der Waals surface area contributed by atoms with Gasteiger partial charge in [0.25, 0.3) is 0 Å². The number of ether oxygens (including phenoxy) is 1. The minimum absolute atomic E-state index is 0.0165. The Morgan fingerprint density at radius 2 is 1.93 bits per heavy atom. The summed E-state index contributed by atoms with van der Waals surface area (Å²) in [5, 5.41) is 10.3. The first-order valence-corrected chi connectivity index (χ1v) is 11.0. The Hall–Kier alpha value is -2.38. The maximum atomic E-state index is 12.9. The Balaban J connectivity index is 1.90. The summed E-state index contributed by atoms with van der Waals surface area (Å²) in [4.78, 5) is 4.68. The van der Waals surface area contributed by atoms with Crippen LogP contribution in [0.1, 0.15) is 37.3 Å². The third-order valence-corrected chi connectivity index (χ3v) is 6.70. The summed E-state index contributed by atoms with van der Waals surface area (Å²) in [5.41, 5.74) is 1.92. The minimum Gasteiger partial charge on any atom is -0.504 e. The number of aryl methyl sites for hydroxylation is 1. The molecule has 150 valence electrons. The molecule has 0 amide bonds. The molecule has 6 nitrogen and oxygen atoms in total. The molecule has 0 unspecified atom stereocenters. The summed E-state index contributed by atoms with van der Waals surface area (Å²) >= 11 is 0. The average Bonchev–Trinajstić information content (AvgIpc) is 2.70. The number of sulfonamides is 1. The van der Waals surface area contributed by atoms with Gasteiger partial charge in [-0.1, -0.05) is 18.6 Å². The number of piperidine rings is 1. The van der Waals surface area contributed by atoms with Crippen LogP contribution in [0.3, 0.4) is 0 Å². The van der Waals surface area contributed by atoms with Crippen LogP contribution >= 0.6 is 0 Å². The van der Waals surface area contributed by atoms with Gasteiger partial charge in [0.05, 0.1) is 17.2 Å². The molecule has 2 aromatic rings. The van der Waals surface area contributed by atoms with Gasteiger partial charge >= 0.3 is 0 Å².